The average Bonchev–Trinajstić information content (AvgIpc) is 2.82. The number of nitrogens with one attached hydrogen (secondary N) is 1. The number of aromatic nitrogens is 2. The van der Waals surface area contributed by atoms with E-state index in [9.17, 15) is 0 Å². The van der Waals surface area contributed by atoms with Crippen LogP contribution in [0.2, 0.25) is 0 Å². The first kappa shape index (κ1) is 8.28. The molecule has 0 radical (unpaired) electrons. The van der Waals surface area contributed by atoms with Crippen LogP contribution in [-0.2, 0) is 0 Å². The van der Waals surface area contributed by atoms with Crippen LogP contribution in [0, 0.1) is 0 Å². The second kappa shape index (κ2) is 2.98. The molecular formula is C10H11N5. The number of para-hydroxylation sites is 2. The summed E-state index contributed by atoms with van der Waals surface area (Å²) in [7, 11) is 0. The summed E-state index contributed by atoms with van der Waals surface area (Å²) in [5, 5.41) is 0. The fourth-order valence-electron chi connectivity index (χ4n) is 1.75. The molecule has 5 nitrogen and oxygen atoms in total. The molecule has 0 atom stereocenters. The van der Waals surface area contributed by atoms with Gasteiger partial charge in [-0.3, -0.25) is 9.89 Å². The summed E-state index contributed by atoms with van der Waals surface area (Å²) in [6.45, 7) is 1.54. The SMILES string of the molecule is NC1=NCCN1c1nc2ccccc2[nH]1. The Labute approximate surface area is 86.6 Å². The van der Waals surface area contributed by atoms with E-state index in [-0.39, 0.29) is 0 Å². The number of nitrogens with two attached hydrogens (primary N) is 1. The first-order valence-electron chi connectivity index (χ1n) is 4.87. The Morgan fingerprint density at radius 2 is 2.20 bits per heavy atom. The van der Waals surface area contributed by atoms with Crippen LogP contribution in [0.3, 0.4) is 0 Å². The summed E-state index contributed by atoms with van der Waals surface area (Å²) < 4.78 is 0. The largest absolute Gasteiger partial charge is 0.369 e. The van der Waals surface area contributed by atoms with E-state index in [2.05, 4.69) is 15.0 Å². The van der Waals surface area contributed by atoms with Crippen molar-refractivity contribution in [3.63, 3.8) is 0 Å². The van der Waals surface area contributed by atoms with Crippen molar-refractivity contribution in [2.45, 2.75) is 0 Å². The van der Waals surface area contributed by atoms with E-state index in [1.165, 1.54) is 0 Å². The van der Waals surface area contributed by atoms with E-state index >= 15 is 0 Å². The van der Waals surface area contributed by atoms with Gasteiger partial charge in [0.25, 0.3) is 0 Å². The highest BCUT2D eigenvalue weighted by molar-refractivity contribution is 5.96. The predicted octanol–water partition coefficient (Wildman–Crippen LogP) is 0.698. The first-order valence-corrected chi connectivity index (χ1v) is 4.87. The molecule has 0 aliphatic carbocycles. The molecule has 1 aliphatic rings. The number of rotatable bonds is 1. The average molecular weight is 201 g/mol. The molecule has 0 saturated heterocycles. The number of fused-ring (bicyclic) bond motifs is 1. The molecule has 15 heavy (non-hydrogen) atoms. The van der Waals surface area contributed by atoms with Gasteiger partial charge in [-0.25, -0.2) is 4.98 Å². The molecule has 1 aromatic heterocycles. The van der Waals surface area contributed by atoms with Gasteiger partial charge in [-0.2, -0.15) is 0 Å². The van der Waals surface area contributed by atoms with Gasteiger partial charge in [0.05, 0.1) is 17.6 Å². The van der Waals surface area contributed by atoms with Crippen molar-refractivity contribution in [1.29, 1.82) is 0 Å². The van der Waals surface area contributed by atoms with Crippen molar-refractivity contribution in [1.82, 2.24) is 9.97 Å². The highest BCUT2D eigenvalue weighted by Crippen LogP contribution is 2.17. The molecule has 5 heteroatoms. The molecular weight excluding hydrogens is 190 g/mol. The number of anilines is 1. The molecule has 1 aliphatic heterocycles. The first-order chi connectivity index (χ1) is 7.34. The number of aliphatic imine (C=N–C) groups is 1. The van der Waals surface area contributed by atoms with Gasteiger partial charge in [-0.05, 0) is 12.1 Å². The summed E-state index contributed by atoms with van der Waals surface area (Å²) in [4.78, 5) is 13.7. The summed E-state index contributed by atoms with van der Waals surface area (Å²) >= 11 is 0. The highest BCUT2D eigenvalue weighted by atomic mass is 15.4. The second-order valence-electron chi connectivity index (χ2n) is 3.47. The van der Waals surface area contributed by atoms with Crippen LogP contribution >= 0.6 is 0 Å². The minimum atomic E-state index is 0.536. The smallest absolute Gasteiger partial charge is 0.210 e. The van der Waals surface area contributed by atoms with Gasteiger partial charge in [0.2, 0.25) is 5.95 Å². The maximum atomic E-state index is 5.75. The van der Waals surface area contributed by atoms with Crippen molar-refractivity contribution in [2.75, 3.05) is 18.0 Å². The Kier molecular flexibility index (Phi) is 1.65. The van der Waals surface area contributed by atoms with Crippen LogP contribution in [0.25, 0.3) is 11.0 Å². The van der Waals surface area contributed by atoms with E-state index in [0.29, 0.717) is 5.96 Å². The number of guanidine groups is 1. The molecule has 2 heterocycles. The quantitative estimate of drug-likeness (QED) is 0.713. The Hall–Kier alpha value is -2.04. The zero-order valence-corrected chi connectivity index (χ0v) is 8.14. The van der Waals surface area contributed by atoms with Gasteiger partial charge in [0, 0.05) is 6.54 Å². The Bertz CT molecular complexity index is 494. The van der Waals surface area contributed by atoms with Crippen LogP contribution in [0.4, 0.5) is 5.95 Å². The van der Waals surface area contributed by atoms with E-state index in [4.69, 9.17) is 5.73 Å². The second-order valence-corrected chi connectivity index (χ2v) is 3.47. The third-order valence-corrected chi connectivity index (χ3v) is 2.51. The van der Waals surface area contributed by atoms with Crippen molar-refractivity contribution >= 4 is 22.9 Å². The minimum Gasteiger partial charge on any atom is -0.369 e. The number of nitrogens with zero attached hydrogens (tertiary/aromatic N) is 3. The number of aromatic amines is 1. The summed E-state index contributed by atoms with van der Waals surface area (Å²) in [5.74, 6) is 1.31. The summed E-state index contributed by atoms with van der Waals surface area (Å²) in [5.41, 5.74) is 7.72. The lowest BCUT2D eigenvalue weighted by atomic mass is 10.3. The number of hydrogen-bond donors (Lipinski definition) is 2. The molecule has 0 unspecified atom stereocenters. The maximum absolute atomic E-state index is 5.75. The molecule has 0 bridgehead atoms. The molecule has 0 amide bonds. The summed E-state index contributed by atoms with van der Waals surface area (Å²) in [6, 6.07) is 7.91. The lowest BCUT2D eigenvalue weighted by Gasteiger charge is -2.12. The minimum absolute atomic E-state index is 0.536. The monoisotopic (exact) mass is 201 g/mol. The van der Waals surface area contributed by atoms with E-state index < -0.39 is 0 Å². The highest BCUT2D eigenvalue weighted by Gasteiger charge is 2.18. The van der Waals surface area contributed by atoms with Crippen LogP contribution in [-0.4, -0.2) is 29.0 Å². The Morgan fingerprint density at radius 1 is 1.33 bits per heavy atom. The van der Waals surface area contributed by atoms with Crippen LogP contribution in [0.15, 0.2) is 29.3 Å². The zero-order valence-electron chi connectivity index (χ0n) is 8.14. The number of hydrogen-bond acceptors (Lipinski definition) is 4. The number of H-pyrrole nitrogens is 1. The third kappa shape index (κ3) is 1.24. The predicted molar refractivity (Wildman–Crippen MR) is 59.9 cm³/mol. The molecule has 2 aromatic rings. The van der Waals surface area contributed by atoms with Gasteiger partial charge in [-0.1, -0.05) is 12.1 Å². The van der Waals surface area contributed by atoms with E-state index in [1.54, 1.807) is 0 Å². The molecule has 0 fully saturated rings. The van der Waals surface area contributed by atoms with Crippen LogP contribution in [0.5, 0.6) is 0 Å². The van der Waals surface area contributed by atoms with Crippen molar-refractivity contribution in [3.8, 4) is 0 Å². The molecule has 0 spiro atoms. The standard InChI is InChI=1S/C10H11N5/c11-9-12-5-6-15(9)10-13-7-3-1-2-4-8(7)14-10/h1-4H,5-6H2,(H2,11,12)(H,13,14). The normalized spacial score (nSPS) is 16.0. The molecule has 3 rings (SSSR count). The van der Waals surface area contributed by atoms with Gasteiger partial charge in [0.1, 0.15) is 0 Å². The molecule has 76 valence electrons. The van der Waals surface area contributed by atoms with E-state index in [1.807, 2.05) is 29.2 Å². The van der Waals surface area contributed by atoms with Crippen LogP contribution < -0.4 is 10.6 Å². The fourth-order valence-corrected chi connectivity index (χ4v) is 1.75. The third-order valence-electron chi connectivity index (χ3n) is 2.51. The van der Waals surface area contributed by atoms with Gasteiger partial charge in [-0.15, -0.1) is 0 Å². The molecule has 0 saturated carbocycles. The number of benzene rings is 1. The lowest BCUT2D eigenvalue weighted by Crippen LogP contribution is -2.34. The van der Waals surface area contributed by atoms with Crippen LogP contribution in [0.1, 0.15) is 0 Å². The zero-order chi connectivity index (χ0) is 10.3. The molecule has 1 aromatic carbocycles. The van der Waals surface area contributed by atoms with Crippen molar-refractivity contribution in [3.05, 3.63) is 24.3 Å². The summed E-state index contributed by atoms with van der Waals surface area (Å²) in [6.07, 6.45) is 0. The van der Waals surface area contributed by atoms with Gasteiger partial charge >= 0.3 is 0 Å². The number of imidazole rings is 1. The van der Waals surface area contributed by atoms with Crippen molar-refractivity contribution < 1.29 is 0 Å². The van der Waals surface area contributed by atoms with Crippen molar-refractivity contribution in [2.24, 2.45) is 10.7 Å². The maximum Gasteiger partial charge on any atom is 0.210 e. The Balaban J connectivity index is 2.08. The topological polar surface area (TPSA) is 70.3 Å². The fraction of sp³-hybridized carbons (Fsp3) is 0.200. The molecule has 3 N–H and O–H groups in total. The van der Waals surface area contributed by atoms with Gasteiger partial charge in [0.15, 0.2) is 5.96 Å². The lowest BCUT2D eigenvalue weighted by molar-refractivity contribution is 0.986. The Morgan fingerprint density at radius 3 is 2.93 bits per heavy atom. The van der Waals surface area contributed by atoms with Gasteiger partial charge < -0.3 is 10.7 Å². The van der Waals surface area contributed by atoms with E-state index in [0.717, 1.165) is 30.1 Å².